The van der Waals surface area contributed by atoms with Crippen molar-refractivity contribution >= 4 is 11.8 Å². The van der Waals surface area contributed by atoms with Gasteiger partial charge in [-0.15, -0.1) is 0 Å². The van der Waals surface area contributed by atoms with Crippen LogP contribution in [0.2, 0.25) is 0 Å². The third-order valence-electron chi connectivity index (χ3n) is 5.38. The maximum absolute atomic E-state index is 12.6. The minimum Gasteiger partial charge on any atom is -0.352 e. The molecule has 1 saturated heterocycles. The largest absolute Gasteiger partial charge is 0.352 e. The number of benzene rings is 1. The zero-order valence-corrected chi connectivity index (χ0v) is 15.5. The summed E-state index contributed by atoms with van der Waals surface area (Å²) in [5, 5.41) is 0. The van der Waals surface area contributed by atoms with E-state index < -0.39 is 11.7 Å². The first-order chi connectivity index (χ1) is 13.0. The number of ether oxygens (including phenoxy) is 1. The standard InChI is InChI=1S/C20H22N4O3/c1-23(2)19(26)17-14-5-3-4-6-15(14)20(27-17)7-11-24(12-8-20)18(25)16-13-21-9-10-22-16/h3-6,9-10,13,17H,7-8,11-12H2,1-2H3/t17-/m0/s1. The van der Waals surface area contributed by atoms with Crippen molar-refractivity contribution in [2.45, 2.75) is 24.5 Å². The first-order valence-corrected chi connectivity index (χ1v) is 9.05. The molecule has 1 spiro atoms. The third-order valence-corrected chi connectivity index (χ3v) is 5.38. The summed E-state index contributed by atoms with van der Waals surface area (Å²) in [5.41, 5.74) is 1.83. The molecule has 140 valence electrons. The number of carbonyl (C=O) groups excluding carboxylic acids is 2. The van der Waals surface area contributed by atoms with Crippen LogP contribution < -0.4 is 0 Å². The van der Waals surface area contributed by atoms with Crippen LogP contribution in [-0.4, -0.2) is 58.8 Å². The monoisotopic (exact) mass is 366 g/mol. The predicted molar refractivity (Wildman–Crippen MR) is 97.8 cm³/mol. The molecule has 7 heteroatoms. The quantitative estimate of drug-likeness (QED) is 0.810. The number of nitrogens with zero attached hydrogens (tertiary/aromatic N) is 4. The van der Waals surface area contributed by atoms with E-state index in [1.165, 1.54) is 12.4 Å². The predicted octanol–water partition coefficient (Wildman–Crippen LogP) is 1.77. The Labute approximate surface area is 158 Å². The summed E-state index contributed by atoms with van der Waals surface area (Å²) in [6.45, 7) is 1.10. The minimum absolute atomic E-state index is 0.0580. The van der Waals surface area contributed by atoms with E-state index in [4.69, 9.17) is 4.74 Å². The van der Waals surface area contributed by atoms with Crippen LogP contribution in [0.25, 0.3) is 0 Å². The molecular weight excluding hydrogens is 344 g/mol. The Morgan fingerprint density at radius 1 is 1.19 bits per heavy atom. The van der Waals surface area contributed by atoms with Crippen LogP contribution in [0, 0.1) is 0 Å². The average molecular weight is 366 g/mol. The number of hydrogen-bond acceptors (Lipinski definition) is 5. The molecule has 4 rings (SSSR count). The summed E-state index contributed by atoms with van der Waals surface area (Å²) in [6.07, 6.45) is 5.26. The van der Waals surface area contributed by atoms with Gasteiger partial charge in [-0.1, -0.05) is 24.3 Å². The minimum atomic E-state index is -0.585. The lowest BCUT2D eigenvalue weighted by Gasteiger charge is -2.39. The molecular formula is C20H22N4O3. The molecule has 1 atom stereocenters. The van der Waals surface area contributed by atoms with Gasteiger partial charge in [0.1, 0.15) is 5.69 Å². The molecule has 0 unspecified atom stereocenters. The van der Waals surface area contributed by atoms with Crippen LogP contribution in [0.1, 0.15) is 40.6 Å². The second-order valence-electron chi connectivity index (χ2n) is 7.19. The summed E-state index contributed by atoms with van der Waals surface area (Å²) in [5.74, 6) is -0.178. The molecule has 0 N–H and O–H groups in total. The van der Waals surface area contributed by atoms with Gasteiger partial charge in [0.2, 0.25) is 0 Å². The third kappa shape index (κ3) is 2.98. The van der Waals surface area contributed by atoms with E-state index in [0.29, 0.717) is 31.6 Å². The number of fused-ring (bicyclic) bond motifs is 2. The number of hydrogen-bond donors (Lipinski definition) is 0. The van der Waals surface area contributed by atoms with Crippen LogP contribution in [0.5, 0.6) is 0 Å². The van der Waals surface area contributed by atoms with Gasteiger partial charge < -0.3 is 14.5 Å². The molecule has 2 amide bonds. The molecule has 27 heavy (non-hydrogen) atoms. The SMILES string of the molecule is CN(C)C(=O)[C@H]1OC2(CCN(C(=O)c3cnccn3)CC2)c2ccccc21. The van der Waals surface area contributed by atoms with E-state index in [-0.39, 0.29) is 11.8 Å². The molecule has 1 aromatic carbocycles. The zero-order chi connectivity index (χ0) is 19.0. The van der Waals surface area contributed by atoms with Gasteiger partial charge in [-0.3, -0.25) is 14.6 Å². The second-order valence-corrected chi connectivity index (χ2v) is 7.19. The van der Waals surface area contributed by atoms with Crippen LogP contribution in [-0.2, 0) is 15.1 Å². The Morgan fingerprint density at radius 2 is 1.93 bits per heavy atom. The summed E-state index contributed by atoms with van der Waals surface area (Å²) in [7, 11) is 3.48. The molecule has 7 nitrogen and oxygen atoms in total. The Bertz CT molecular complexity index is 861. The lowest BCUT2D eigenvalue weighted by atomic mass is 9.83. The number of carbonyl (C=O) groups is 2. The summed E-state index contributed by atoms with van der Waals surface area (Å²) in [6, 6.07) is 7.92. The number of aromatic nitrogens is 2. The van der Waals surface area contributed by atoms with E-state index in [1.54, 1.807) is 30.1 Å². The molecule has 0 radical (unpaired) electrons. The van der Waals surface area contributed by atoms with Crippen molar-refractivity contribution in [1.82, 2.24) is 19.8 Å². The van der Waals surface area contributed by atoms with E-state index >= 15 is 0 Å². The summed E-state index contributed by atoms with van der Waals surface area (Å²) < 4.78 is 6.36. The zero-order valence-electron chi connectivity index (χ0n) is 15.5. The molecule has 2 aromatic rings. The Balaban J connectivity index is 1.56. The number of rotatable bonds is 2. The highest BCUT2D eigenvalue weighted by Crippen LogP contribution is 2.49. The lowest BCUT2D eigenvalue weighted by Crippen LogP contribution is -2.45. The number of likely N-dealkylation sites (tertiary alicyclic amines) is 1. The van der Waals surface area contributed by atoms with Crippen molar-refractivity contribution in [3.8, 4) is 0 Å². The average Bonchev–Trinajstić information content (AvgIpc) is 3.02. The highest BCUT2D eigenvalue weighted by Gasteiger charge is 2.49. The number of likely N-dealkylation sites (N-methyl/N-ethyl adjacent to an activating group) is 1. The van der Waals surface area contributed by atoms with Gasteiger partial charge in [-0.2, -0.15) is 0 Å². The van der Waals surface area contributed by atoms with Crippen molar-refractivity contribution in [3.05, 3.63) is 59.7 Å². The molecule has 1 fully saturated rings. The van der Waals surface area contributed by atoms with Gasteiger partial charge in [0.15, 0.2) is 6.10 Å². The van der Waals surface area contributed by atoms with Crippen molar-refractivity contribution in [2.24, 2.45) is 0 Å². The van der Waals surface area contributed by atoms with Crippen LogP contribution >= 0.6 is 0 Å². The topological polar surface area (TPSA) is 75.6 Å². The first-order valence-electron chi connectivity index (χ1n) is 9.05. The fraction of sp³-hybridized carbons (Fsp3) is 0.400. The maximum atomic E-state index is 12.6. The van der Waals surface area contributed by atoms with Gasteiger partial charge in [0, 0.05) is 39.6 Å². The maximum Gasteiger partial charge on any atom is 0.274 e. The van der Waals surface area contributed by atoms with Gasteiger partial charge in [0.25, 0.3) is 11.8 Å². The Morgan fingerprint density at radius 3 is 2.59 bits per heavy atom. The van der Waals surface area contributed by atoms with E-state index in [0.717, 1.165) is 11.1 Å². The summed E-state index contributed by atoms with van der Waals surface area (Å²) in [4.78, 5) is 36.7. The van der Waals surface area contributed by atoms with Gasteiger partial charge in [0.05, 0.1) is 11.8 Å². The van der Waals surface area contributed by atoms with Gasteiger partial charge in [-0.05, 0) is 24.0 Å². The number of amides is 2. The van der Waals surface area contributed by atoms with Crippen molar-refractivity contribution in [2.75, 3.05) is 27.2 Å². The fourth-order valence-corrected chi connectivity index (χ4v) is 3.94. The lowest BCUT2D eigenvalue weighted by molar-refractivity contribution is -0.157. The highest BCUT2D eigenvalue weighted by atomic mass is 16.5. The summed E-state index contributed by atoms with van der Waals surface area (Å²) >= 11 is 0. The molecule has 0 bridgehead atoms. The second kappa shape index (κ2) is 6.74. The van der Waals surface area contributed by atoms with Crippen molar-refractivity contribution in [3.63, 3.8) is 0 Å². The molecule has 0 aliphatic carbocycles. The van der Waals surface area contributed by atoms with Crippen molar-refractivity contribution < 1.29 is 14.3 Å². The Kier molecular flexibility index (Phi) is 4.39. The van der Waals surface area contributed by atoms with Gasteiger partial charge >= 0.3 is 0 Å². The van der Waals surface area contributed by atoms with Crippen LogP contribution in [0.4, 0.5) is 0 Å². The normalized spacial score (nSPS) is 20.4. The molecule has 3 heterocycles. The first kappa shape index (κ1) is 17.6. The van der Waals surface area contributed by atoms with Crippen molar-refractivity contribution in [1.29, 1.82) is 0 Å². The van der Waals surface area contributed by atoms with E-state index in [1.807, 2.05) is 24.3 Å². The fourth-order valence-electron chi connectivity index (χ4n) is 3.94. The van der Waals surface area contributed by atoms with Crippen LogP contribution in [0.3, 0.4) is 0 Å². The number of piperidine rings is 1. The molecule has 2 aliphatic heterocycles. The Hall–Kier alpha value is -2.80. The smallest absolute Gasteiger partial charge is 0.274 e. The van der Waals surface area contributed by atoms with E-state index in [9.17, 15) is 9.59 Å². The van der Waals surface area contributed by atoms with Crippen LogP contribution in [0.15, 0.2) is 42.9 Å². The van der Waals surface area contributed by atoms with E-state index in [2.05, 4.69) is 9.97 Å². The van der Waals surface area contributed by atoms with Gasteiger partial charge in [-0.25, -0.2) is 4.98 Å². The molecule has 2 aliphatic rings. The highest BCUT2D eigenvalue weighted by molar-refractivity contribution is 5.92. The molecule has 1 aromatic heterocycles. The molecule has 0 saturated carbocycles.